The first-order chi connectivity index (χ1) is 5.43. The maximum atomic E-state index is 11.4. The minimum Gasteiger partial charge on any atom is -0.335 e. The monoisotopic (exact) mass is 168 g/mol. The van der Waals surface area contributed by atoms with Gasteiger partial charge in [-0.3, -0.25) is 4.79 Å². The van der Waals surface area contributed by atoms with E-state index in [0.29, 0.717) is 5.69 Å². The van der Waals surface area contributed by atoms with Crippen molar-refractivity contribution in [3.63, 3.8) is 0 Å². The molecule has 0 saturated carbocycles. The maximum absolute atomic E-state index is 11.4. The highest BCUT2D eigenvalue weighted by molar-refractivity contribution is 5.06. The summed E-state index contributed by atoms with van der Waals surface area (Å²) in [6.45, 7) is 5.66. The van der Waals surface area contributed by atoms with Crippen molar-refractivity contribution in [1.82, 2.24) is 14.9 Å². The first-order valence-electron chi connectivity index (χ1n) is 3.63. The van der Waals surface area contributed by atoms with Crippen LogP contribution in [0.3, 0.4) is 0 Å². The Morgan fingerprint density at radius 1 is 1.50 bits per heavy atom. The Hall–Kier alpha value is -1.39. The molecule has 1 heterocycles. The van der Waals surface area contributed by atoms with Crippen LogP contribution in [0.25, 0.3) is 0 Å². The minimum absolute atomic E-state index is 0.294. The van der Waals surface area contributed by atoms with E-state index < -0.39 is 0 Å². The zero-order valence-electron chi connectivity index (χ0n) is 7.40. The molecule has 0 unspecified atom stereocenters. The van der Waals surface area contributed by atoms with Gasteiger partial charge in [-0.05, 0) is 0 Å². The van der Waals surface area contributed by atoms with E-state index in [1.165, 1.54) is 6.33 Å². The molecule has 0 aliphatic heterocycles. The van der Waals surface area contributed by atoms with Crippen molar-refractivity contribution in [2.45, 2.75) is 26.2 Å². The summed E-state index contributed by atoms with van der Waals surface area (Å²) in [5, 5.41) is 7.35. The van der Waals surface area contributed by atoms with Gasteiger partial charge in [-0.25, -0.2) is 4.68 Å². The molecule has 1 aromatic heterocycles. The summed E-state index contributed by atoms with van der Waals surface area (Å²) in [6.07, 6.45) is 1.19. The first-order valence-corrected chi connectivity index (χ1v) is 3.63. The molecule has 0 amide bonds. The van der Waals surface area contributed by atoms with E-state index in [9.17, 15) is 4.79 Å². The molecule has 0 aliphatic carbocycles. The second-order valence-corrected chi connectivity index (χ2v) is 3.64. The summed E-state index contributed by atoms with van der Waals surface area (Å²) in [5.41, 5.74) is -0.225. The highest BCUT2D eigenvalue weighted by Gasteiger charge is 2.20. The van der Waals surface area contributed by atoms with Crippen LogP contribution in [0.5, 0.6) is 0 Å². The summed E-state index contributed by atoms with van der Waals surface area (Å²) >= 11 is 0. The van der Waals surface area contributed by atoms with Crippen LogP contribution in [0, 0.1) is 0 Å². The molecule has 0 fully saturated rings. The van der Waals surface area contributed by atoms with Crippen LogP contribution >= 0.6 is 0 Å². The molecular formula is C7H12N4O. The predicted octanol–water partition coefficient (Wildman–Crippen LogP) is -0.350. The molecule has 12 heavy (non-hydrogen) atoms. The van der Waals surface area contributed by atoms with Gasteiger partial charge in [0.15, 0.2) is 0 Å². The molecule has 0 aromatic carbocycles. The summed E-state index contributed by atoms with van der Waals surface area (Å²) in [7, 11) is 0. The predicted molar refractivity (Wildman–Crippen MR) is 45.1 cm³/mol. The fourth-order valence-corrected chi connectivity index (χ4v) is 0.827. The highest BCUT2D eigenvalue weighted by Crippen LogP contribution is 2.14. The molecule has 0 atom stereocenters. The molecule has 0 bridgehead atoms. The van der Waals surface area contributed by atoms with Crippen molar-refractivity contribution in [1.29, 1.82) is 0 Å². The van der Waals surface area contributed by atoms with Crippen LogP contribution in [0.15, 0.2) is 11.1 Å². The fraction of sp³-hybridized carbons (Fsp3) is 0.571. The van der Waals surface area contributed by atoms with Gasteiger partial charge >= 0.3 is 0 Å². The second kappa shape index (κ2) is 2.58. The Balaban J connectivity index is 3.37. The van der Waals surface area contributed by atoms with Gasteiger partial charge in [0, 0.05) is 5.41 Å². The van der Waals surface area contributed by atoms with Gasteiger partial charge in [-0.2, -0.15) is 0 Å². The molecule has 0 saturated heterocycles. The van der Waals surface area contributed by atoms with Crippen LogP contribution in [-0.4, -0.2) is 14.9 Å². The average Bonchev–Trinajstić information content (AvgIpc) is 1.92. The van der Waals surface area contributed by atoms with Gasteiger partial charge in [0.05, 0.1) is 0 Å². The number of nitrogens with zero attached hydrogens (tertiary/aromatic N) is 3. The lowest BCUT2D eigenvalue weighted by Crippen LogP contribution is -2.36. The number of hydrogen-bond donors (Lipinski definition) is 1. The van der Waals surface area contributed by atoms with E-state index in [-0.39, 0.29) is 11.0 Å². The maximum Gasteiger partial charge on any atom is 0.294 e. The second-order valence-electron chi connectivity index (χ2n) is 3.64. The lowest BCUT2D eigenvalue weighted by atomic mass is 9.93. The van der Waals surface area contributed by atoms with E-state index in [2.05, 4.69) is 10.2 Å². The Morgan fingerprint density at radius 3 is 2.50 bits per heavy atom. The quantitative estimate of drug-likeness (QED) is 0.537. The number of hydrogen-bond acceptors (Lipinski definition) is 4. The van der Waals surface area contributed by atoms with Crippen molar-refractivity contribution in [2.24, 2.45) is 0 Å². The third kappa shape index (κ3) is 1.44. The SMILES string of the molecule is CC(C)(C)c1nncn(N)c1=O. The first kappa shape index (κ1) is 8.70. The lowest BCUT2D eigenvalue weighted by molar-refractivity contribution is 0.537. The minimum atomic E-state index is -0.313. The smallest absolute Gasteiger partial charge is 0.294 e. The van der Waals surface area contributed by atoms with Gasteiger partial charge < -0.3 is 5.84 Å². The van der Waals surface area contributed by atoms with Gasteiger partial charge in [-0.15, -0.1) is 10.2 Å². The van der Waals surface area contributed by atoms with E-state index in [0.717, 1.165) is 4.68 Å². The lowest BCUT2D eigenvalue weighted by Gasteiger charge is -2.15. The Labute approximate surface area is 70.2 Å². The van der Waals surface area contributed by atoms with Gasteiger partial charge in [0.1, 0.15) is 12.0 Å². The van der Waals surface area contributed by atoms with Gasteiger partial charge in [0.2, 0.25) is 0 Å². The number of rotatable bonds is 0. The van der Waals surface area contributed by atoms with E-state index in [1.807, 2.05) is 20.8 Å². The topological polar surface area (TPSA) is 73.8 Å². The normalized spacial score (nSPS) is 11.6. The van der Waals surface area contributed by atoms with Gasteiger partial charge in [0.25, 0.3) is 5.56 Å². The largest absolute Gasteiger partial charge is 0.335 e. The summed E-state index contributed by atoms with van der Waals surface area (Å²) in [5.74, 6) is 5.32. The third-order valence-electron chi connectivity index (χ3n) is 1.48. The van der Waals surface area contributed by atoms with Gasteiger partial charge in [-0.1, -0.05) is 20.8 Å². The van der Waals surface area contributed by atoms with E-state index in [1.54, 1.807) is 0 Å². The molecule has 66 valence electrons. The molecule has 5 nitrogen and oxygen atoms in total. The van der Waals surface area contributed by atoms with Crippen LogP contribution < -0.4 is 11.4 Å². The molecule has 2 N–H and O–H groups in total. The summed E-state index contributed by atoms with van der Waals surface area (Å²) < 4.78 is 0.938. The van der Waals surface area contributed by atoms with Crippen LogP contribution in [0.4, 0.5) is 0 Å². The number of aromatic nitrogens is 3. The third-order valence-corrected chi connectivity index (χ3v) is 1.48. The van der Waals surface area contributed by atoms with Crippen molar-refractivity contribution in [3.8, 4) is 0 Å². The van der Waals surface area contributed by atoms with Crippen LogP contribution in [0.2, 0.25) is 0 Å². The van der Waals surface area contributed by atoms with Crippen LogP contribution in [-0.2, 0) is 5.41 Å². The standard InChI is InChI=1S/C7H12N4O/c1-7(2,3)5-6(12)11(8)4-9-10-5/h4H,8H2,1-3H3. The molecular weight excluding hydrogens is 156 g/mol. The Bertz CT molecular complexity index is 336. The molecule has 5 heteroatoms. The number of nitrogen functional groups attached to an aromatic ring is 1. The van der Waals surface area contributed by atoms with E-state index >= 15 is 0 Å². The number of nitrogens with two attached hydrogens (primary N) is 1. The van der Waals surface area contributed by atoms with Crippen molar-refractivity contribution in [3.05, 3.63) is 22.4 Å². The molecule has 1 aromatic rings. The fourth-order valence-electron chi connectivity index (χ4n) is 0.827. The summed E-state index contributed by atoms with van der Waals surface area (Å²) in [4.78, 5) is 11.4. The molecule has 0 spiro atoms. The Morgan fingerprint density at radius 2 is 2.08 bits per heavy atom. The van der Waals surface area contributed by atoms with Crippen molar-refractivity contribution >= 4 is 0 Å². The zero-order valence-corrected chi connectivity index (χ0v) is 7.40. The summed E-state index contributed by atoms with van der Waals surface area (Å²) in [6, 6.07) is 0. The average molecular weight is 168 g/mol. The Kier molecular flexibility index (Phi) is 1.87. The molecule has 0 radical (unpaired) electrons. The zero-order chi connectivity index (χ0) is 9.35. The molecule has 1 rings (SSSR count). The molecule has 0 aliphatic rings. The van der Waals surface area contributed by atoms with Crippen LogP contribution in [0.1, 0.15) is 26.5 Å². The highest BCUT2D eigenvalue weighted by atomic mass is 16.1. The van der Waals surface area contributed by atoms with Crippen molar-refractivity contribution in [2.75, 3.05) is 5.84 Å². The van der Waals surface area contributed by atoms with Crippen molar-refractivity contribution < 1.29 is 0 Å². The van der Waals surface area contributed by atoms with E-state index in [4.69, 9.17) is 5.84 Å².